The van der Waals surface area contributed by atoms with Gasteiger partial charge in [-0.3, -0.25) is 0 Å². The molecule has 0 aromatic carbocycles. The highest BCUT2D eigenvalue weighted by atomic mass is 19.4. The molecule has 18 heavy (non-hydrogen) atoms. The SMILES string of the molecule is NCCC1(CNc2cccc(C(F)(F)F)n2)CC1. The summed E-state index contributed by atoms with van der Waals surface area (Å²) < 4.78 is 37.4. The van der Waals surface area contributed by atoms with E-state index < -0.39 is 11.9 Å². The zero-order valence-electron chi connectivity index (χ0n) is 9.93. The highest BCUT2D eigenvalue weighted by molar-refractivity contribution is 5.36. The van der Waals surface area contributed by atoms with Gasteiger partial charge in [0.25, 0.3) is 0 Å². The zero-order chi connectivity index (χ0) is 13.2. The molecular formula is C12H16F3N3. The molecule has 0 aliphatic heterocycles. The van der Waals surface area contributed by atoms with E-state index in [-0.39, 0.29) is 11.2 Å². The standard InChI is InChI=1S/C12H16F3N3/c13-12(14,15)9-2-1-3-10(18-9)17-8-11(4-5-11)6-7-16/h1-3H,4-8,16H2,(H,17,18). The molecular weight excluding hydrogens is 243 g/mol. The fourth-order valence-electron chi connectivity index (χ4n) is 1.97. The molecule has 0 unspecified atom stereocenters. The van der Waals surface area contributed by atoms with Crippen molar-refractivity contribution in [2.24, 2.45) is 11.1 Å². The first-order chi connectivity index (χ1) is 8.45. The molecule has 6 heteroatoms. The van der Waals surface area contributed by atoms with Gasteiger partial charge in [0, 0.05) is 6.54 Å². The van der Waals surface area contributed by atoms with Crippen LogP contribution in [-0.2, 0) is 6.18 Å². The van der Waals surface area contributed by atoms with Crippen molar-refractivity contribution in [3.63, 3.8) is 0 Å². The summed E-state index contributed by atoms with van der Waals surface area (Å²) in [5.41, 5.74) is 4.82. The number of nitrogens with zero attached hydrogens (tertiary/aromatic N) is 1. The number of pyridine rings is 1. The molecule has 1 aliphatic rings. The molecule has 3 N–H and O–H groups in total. The Morgan fingerprint density at radius 3 is 2.61 bits per heavy atom. The van der Waals surface area contributed by atoms with Crippen molar-refractivity contribution in [2.75, 3.05) is 18.4 Å². The number of nitrogens with two attached hydrogens (primary N) is 1. The lowest BCUT2D eigenvalue weighted by atomic mass is 10.0. The molecule has 1 aromatic rings. The predicted octanol–water partition coefficient (Wildman–Crippen LogP) is 2.64. The topological polar surface area (TPSA) is 50.9 Å². The fourth-order valence-corrected chi connectivity index (χ4v) is 1.97. The minimum absolute atomic E-state index is 0.171. The Balaban J connectivity index is 1.98. The van der Waals surface area contributed by atoms with Gasteiger partial charge >= 0.3 is 6.18 Å². The van der Waals surface area contributed by atoms with E-state index in [1.165, 1.54) is 6.07 Å². The Bertz CT molecular complexity index is 413. The Morgan fingerprint density at radius 1 is 1.33 bits per heavy atom. The van der Waals surface area contributed by atoms with Crippen LogP contribution >= 0.6 is 0 Å². The Hall–Kier alpha value is -1.30. The molecule has 1 heterocycles. The van der Waals surface area contributed by atoms with Crippen molar-refractivity contribution in [3.8, 4) is 0 Å². The van der Waals surface area contributed by atoms with Crippen LogP contribution in [0, 0.1) is 5.41 Å². The number of halogens is 3. The Kier molecular flexibility index (Phi) is 3.47. The average Bonchev–Trinajstić information content (AvgIpc) is 3.07. The lowest BCUT2D eigenvalue weighted by Crippen LogP contribution is -2.20. The number of hydrogen-bond acceptors (Lipinski definition) is 3. The van der Waals surface area contributed by atoms with Crippen LogP contribution in [0.15, 0.2) is 18.2 Å². The van der Waals surface area contributed by atoms with E-state index >= 15 is 0 Å². The highest BCUT2D eigenvalue weighted by Gasteiger charge is 2.41. The first-order valence-corrected chi connectivity index (χ1v) is 5.93. The maximum absolute atomic E-state index is 12.5. The van der Waals surface area contributed by atoms with E-state index in [1.807, 2.05) is 0 Å². The highest BCUT2D eigenvalue weighted by Crippen LogP contribution is 2.48. The number of nitrogens with one attached hydrogen (secondary N) is 1. The van der Waals surface area contributed by atoms with Gasteiger partial charge in [0.2, 0.25) is 0 Å². The first-order valence-electron chi connectivity index (χ1n) is 5.93. The van der Waals surface area contributed by atoms with Gasteiger partial charge < -0.3 is 11.1 Å². The molecule has 0 radical (unpaired) electrons. The monoisotopic (exact) mass is 259 g/mol. The van der Waals surface area contributed by atoms with E-state index in [9.17, 15) is 13.2 Å². The van der Waals surface area contributed by atoms with Gasteiger partial charge in [-0.15, -0.1) is 0 Å². The van der Waals surface area contributed by atoms with Gasteiger partial charge in [0.05, 0.1) is 0 Å². The second kappa shape index (κ2) is 4.76. The second-order valence-corrected chi connectivity index (χ2v) is 4.80. The molecule has 2 rings (SSSR count). The van der Waals surface area contributed by atoms with Crippen LogP contribution < -0.4 is 11.1 Å². The van der Waals surface area contributed by atoms with Crippen molar-refractivity contribution in [3.05, 3.63) is 23.9 Å². The summed E-state index contributed by atoms with van der Waals surface area (Å²) in [6, 6.07) is 3.88. The number of rotatable bonds is 5. The summed E-state index contributed by atoms with van der Waals surface area (Å²) in [5, 5.41) is 2.98. The Morgan fingerprint density at radius 2 is 2.06 bits per heavy atom. The van der Waals surface area contributed by atoms with Crippen molar-refractivity contribution in [1.29, 1.82) is 0 Å². The largest absolute Gasteiger partial charge is 0.433 e. The predicted molar refractivity (Wildman–Crippen MR) is 63.1 cm³/mol. The summed E-state index contributed by atoms with van der Waals surface area (Å²) in [5.74, 6) is 0.271. The van der Waals surface area contributed by atoms with E-state index in [2.05, 4.69) is 10.3 Å². The van der Waals surface area contributed by atoms with Crippen LogP contribution in [0.3, 0.4) is 0 Å². The molecule has 0 bridgehead atoms. The van der Waals surface area contributed by atoms with Gasteiger partial charge in [-0.05, 0) is 43.4 Å². The molecule has 0 amide bonds. The maximum atomic E-state index is 12.5. The van der Waals surface area contributed by atoms with Crippen LogP contribution in [0.5, 0.6) is 0 Å². The van der Waals surface area contributed by atoms with Gasteiger partial charge in [0.15, 0.2) is 0 Å². The fraction of sp³-hybridized carbons (Fsp3) is 0.583. The molecule has 1 aliphatic carbocycles. The van der Waals surface area contributed by atoms with Crippen LogP contribution in [-0.4, -0.2) is 18.1 Å². The summed E-state index contributed by atoms with van der Waals surface area (Å²) in [7, 11) is 0. The normalized spacial score (nSPS) is 17.6. The van der Waals surface area contributed by atoms with E-state index in [0.717, 1.165) is 25.3 Å². The number of alkyl halides is 3. The first kappa shape index (κ1) is 13.1. The molecule has 0 atom stereocenters. The van der Waals surface area contributed by atoms with Crippen LogP contribution in [0.2, 0.25) is 0 Å². The lowest BCUT2D eigenvalue weighted by molar-refractivity contribution is -0.141. The van der Waals surface area contributed by atoms with E-state index in [0.29, 0.717) is 13.1 Å². The number of hydrogen-bond donors (Lipinski definition) is 2. The summed E-state index contributed by atoms with van der Waals surface area (Å²) in [4.78, 5) is 3.57. The van der Waals surface area contributed by atoms with Crippen molar-refractivity contribution < 1.29 is 13.2 Å². The van der Waals surface area contributed by atoms with Gasteiger partial charge in [0.1, 0.15) is 11.5 Å². The molecule has 100 valence electrons. The maximum Gasteiger partial charge on any atom is 0.433 e. The van der Waals surface area contributed by atoms with Crippen molar-refractivity contribution >= 4 is 5.82 Å². The second-order valence-electron chi connectivity index (χ2n) is 4.80. The summed E-state index contributed by atoms with van der Waals surface area (Å²) in [6.45, 7) is 1.25. The molecule has 0 saturated heterocycles. The zero-order valence-corrected chi connectivity index (χ0v) is 9.93. The number of aromatic nitrogens is 1. The van der Waals surface area contributed by atoms with Gasteiger partial charge in [-0.25, -0.2) is 4.98 Å². The van der Waals surface area contributed by atoms with Crippen molar-refractivity contribution in [1.82, 2.24) is 4.98 Å². The number of anilines is 1. The minimum Gasteiger partial charge on any atom is -0.370 e. The third kappa shape index (κ3) is 3.13. The quantitative estimate of drug-likeness (QED) is 0.854. The molecule has 1 saturated carbocycles. The van der Waals surface area contributed by atoms with Crippen LogP contribution in [0.1, 0.15) is 25.0 Å². The molecule has 3 nitrogen and oxygen atoms in total. The van der Waals surface area contributed by atoms with Crippen LogP contribution in [0.25, 0.3) is 0 Å². The Labute approximate surface area is 104 Å². The van der Waals surface area contributed by atoms with E-state index in [1.54, 1.807) is 6.07 Å². The lowest BCUT2D eigenvalue weighted by Gasteiger charge is -2.16. The third-order valence-corrected chi connectivity index (χ3v) is 3.32. The molecule has 1 aromatic heterocycles. The van der Waals surface area contributed by atoms with Gasteiger partial charge in [-0.2, -0.15) is 13.2 Å². The van der Waals surface area contributed by atoms with Crippen molar-refractivity contribution in [2.45, 2.75) is 25.4 Å². The molecule has 1 fully saturated rings. The smallest absolute Gasteiger partial charge is 0.370 e. The minimum atomic E-state index is -4.40. The van der Waals surface area contributed by atoms with Crippen LogP contribution in [0.4, 0.5) is 19.0 Å². The third-order valence-electron chi connectivity index (χ3n) is 3.32. The molecule has 0 spiro atoms. The summed E-state index contributed by atoms with van der Waals surface area (Å²) >= 11 is 0. The average molecular weight is 259 g/mol. The summed E-state index contributed by atoms with van der Waals surface area (Å²) in [6.07, 6.45) is -1.34. The van der Waals surface area contributed by atoms with E-state index in [4.69, 9.17) is 5.73 Å². The van der Waals surface area contributed by atoms with Gasteiger partial charge in [-0.1, -0.05) is 6.07 Å².